The average Bonchev–Trinajstić information content (AvgIpc) is 2.40. The number of nitrogens with zero attached hydrogens (tertiary/aromatic N) is 2. The standard InChI is InChI=1S/C13H14ClN3O/c1-9(11-5-3-4-6-12(11)14)17-13-15-7-10(18-2)8-16-13/h3-9H,1-2H3,(H,15,16,17). The lowest BCUT2D eigenvalue weighted by atomic mass is 10.1. The van der Waals surface area contributed by atoms with Crippen molar-refractivity contribution < 1.29 is 4.74 Å². The van der Waals surface area contributed by atoms with Crippen molar-refractivity contribution in [3.05, 3.63) is 47.2 Å². The molecule has 2 aromatic rings. The van der Waals surface area contributed by atoms with E-state index in [1.807, 2.05) is 31.2 Å². The van der Waals surface area contributed by atoms with Crippen LogP contribution in [0.25, 0.3) is 0 Å². The second kappa shape index (κ2) is 5.69. The van der Waals surface area contributed by atoms with Crippen molar-refractivity contribution in [3.63, 3.8) is 0 Å². The van der Waals surface area contributed by atoms with Crippen molar-refractivity contribution in [1.29, 1.82) is 0 Å². The van der Waals surface area contributed by atoms with Crippen LogP contribution < -0.4 is 10.1 Å². The lowest BCUT2D eigenvalue weighted by Gasteiger charge is -2.15. The lowest BCUT2D eigenvalue weighted by Crippen LogP contribution is -2.09. The molecular formula is C13H14ClN3O. The number of benzene rings is 1. The maximum Gasteiger partial charge on any atom is 0.223 e. The van der Waals surface area contributed by atoms with Gasteiger partial charge in [0.05, 0.1) is 25.5 Å². The first-order valence-electron chi connectivity index (χ1n) is 5.57. The fourth-order valence-electron chi connectivity index (χ4n) is 1.59. The summed E-state index contributed by atoms with van der Waals surface area (Å²) in [7, 11) is 1.58. The topological polar surface area (TPSA) is 47.0 Å². The molecule has 0 aliphatic rings. The Labute approximate surface area is 111 Å². The number of anilines is 1. The number of aromatic nitrogens is 2. The Kier molecular flexibility index (Phi) is 3.99. The Balaban J connectivity index is 2.11. The van der Waals surface area contributed by atoms with Crippen LogP contribution >= 0.6 is 11.6 Å². The third-order valence-corrected chi connectivity index (χ3v) is 2.93. The van der Waals surface area contributed by atoms with Crippen molar-refractivity contribution in [2.45, 2.75) is 13.0 Å². The molecule has 18 heavy (non-hydrogen) atoms. The molecule has 0 bridgehead atoms. The van der Waals surface area contributed by atoms with Gasteiger partial charge in [-0.1, -0.05) is 29.8 Å². The van der Waals surface area contributed by atoms with E-state index in [4.69, 9.17) is 16.3 Å². The Morgan fingerprint density at radius 1 is 1.22 bits per heavy atom. The van der Waals surface area contributed by atoms with Crippen LogP contribution in [0.3, 0.4) is 0 Å². The SMILES string of the molecule is COc1cnc(NC(C)c2ccccc2Cl)nc1. The minimum Gasteiger partial charge on any atom is -0.494 e. The summed E-state index contributed by atoms with van der Waals surface area (Å²) in [5, 5.41) is 3.92. The minimum absolute atomic E-state index is 0.0343. The highest BCUT2D eigenvalue weighted by atomic mass is 35.5. The zero-order valence-electron chi connectivity index (χ0n) is 10.2. The van der Waals surface area contributed by atoms with Gasteiger partial charge < -0.3 is 10.1 Å². The molecule has 1 aromatic carbocycles. The van der Waals surface area contributed by atoms with Crippen molar-refractivity contribution in [1.82, 2.24) is 9.97 Å². The van der Waals surface area contributed by atoms with Gasteiger partial charge in [0, 0.05) is 5.02 Å². The van der Waals surface area contributed by atoms with Crippen molar-refractivity contribution >= 4 is 17.5 Å². The fraction of sp³-hybridized carbons (Fsp3) is 0.231. The molecule has 0 saturated carbocycles. The summed E-state index contributed by atoms with van der Waals surface area (Å²) in [6.45, 7) is 2.01. The summed E-state index contributed by atoms with van der Waals surface area (Å²) in [6, 6.07) is 7.73. The molecule has 0 aliphatic heterocycles. The largest absolute Gasteiger partial charge is 0.494 e. The zero-order valence-corrected chi connectivity index (χ0v) is 11.0. The number of methoxy groups -OCH3 is 1. The molecule has 0 saturated heterocycles. The third-order valence-electron chi connectivity index (χ3n) is 2.58. The van der Waals surface area contributed by atoms with Gasteiger partial charge in [-0.3, -0.25) is 0 Å². The molecule has 1 N–H and O–H groups in total. The summed E-state index contributed by atoms with van der Waals surface area (Å²) < 4.78 is 5.00. The molecular weight excluding hydrogens is 250 g/mol. The van der Waals surface area contributed by atoms with E-state index in [-0.39, 0.29) is 6.04 Å². The molecule has 94 valence electrons. The summed E-state index contributed by atoms with van der Waals surface area (Å²) in [6.07, 6.45) is 3.24. The molecule has 2 rings (SSSR count). The van der Waals surface area contributed by atoms with Crippen LogP contribution in [-0.4, -0.2) is 17.1 Å². The predicted octanol–water partition coefficient (Wildman–Crippen LogP) is 3.31. The molecule has 1 heterocycles. The number of hydrogen-bond acceptors (Lipinski definition) is 4. The van der Waals surface area contributed by atoms with E-state index in [0.29, 0.717) is 11.7 Å². The molecule has 1 atom stereocenters. The van der Waals surface area contributed by atoms with Gasteiger partial charge in [-0.25, -0.2) is 9.97 Å². The van der Waals surface area contributed by atoms with E-state index >= 15 is 0 Å². The number of halogens is 1. The van der Waals surface area contributed by atoms with Crippen LogP contribution in [0.5, 0.6) is 5.75 Å². The second-order valence-corrected chi connectivity index (χ2v) is 4.24. The molecule has 0 amide bonds. The summed E-state index contributed by atoms with van der Waals surface area (Å²) >= 11 is 6.13. The van der Waals surface area contributed by atoms with Crippen molar-refractivity contribution in [2.75, 3.05) is 12.4 Å². The number of hydrogen-bond donors (Lipinski definition) is 1. The molecule has 1 unspecified atom stereocenters. The molecule has 5 heteroatoms. The van der Waals surface area contributed by atoms with Gasteiger partial charge in [0.25, 0.3) is 0 Å². The number of nitrogens with one attached hydrogen (secondary N) is 1. The average molecular weight is 264 g/mol. The van der Waals surface area contributed by atoms with E-state index in [1.54, 1.807) is 19.5 Å². The lowest BCUT2D eigenvalue weighted by molar-refractivity contribution is 0.411. The normalized spacial score (nSPS) is 11.9. The maximum absolute atomic E-state index is 6.13. The molecule has 0 spiro atoms. The first-order chi connectivity index (χ1) is 8.70. The van der Waals surface area contributed by atoms with Gasteiger partial charge in [0.1, 0.15) is 0 Å². The molecule has 0 radical (unpaired) electrons. The molecule has 0 aliphatic carbocycles. The van der Waals surface area contributed by atoms with Gasteiger partial charge in [0.2, 0.25) is 5.95 Å². The Morgan fingerprint density at radius 3 is 2.50 bits per heavy atom. The van der Waals surface area contributed by atoms with Crippen LogP contribution in [0.2, 0.25) is 5.02 Å². The zero-order chi connectivity index (χ0) is 13.0. The van der Waals surface area contributed by atoms with Gasteiger partial charge in [0.15, 0.2) is 5.75 Å². The van der Waals surface area contributed by atoms with Crippen LogP contribution in [0.1, 0.15) is 18.5 Å². The third kappa shape index (κ3) is 2.90. The van der Waals surface area contributed by atoms with Crippen LogP contribution in [0.15, 0.2) is 36.7 Å². The first-order valence-corrected chi connectivity index (χ1v) is 5.95. The van der Waals surface area contributed by atoms with E-state index in [2.05, 4.69) is 15.3 Å². The van der Waals surface area contributed by atoms with Gasteiger partial charge in [-0.15, -0.1) is 0 Å². The van der Waals surface area contributed by atoms with Crippen molar-refractivity contribution in [3.8, 4) is 5.75 Å². The number of ether oxygens (including phenoxy) is 1. The van der Waals surface area contributed by atoms with E-state index in [0.717, 1.165) is 10.6 Å². The molecule has 4 nitrogen and oxygen atoms in total. The highest BCUT2D eigenvalue weighted by Gasteiger charge is 2.09. The monoisotopic (exact) mass is 263 g/mol. The predicted molar refractivity (Wildman–Crippen MR) is 72.1 cm³/mol. The van der Waals surface area contributed by atoms with Gasteiger partial charge >= 0.3 is 0 Å². The quantitative estimate of drug-likeness (QED) is 0.919. The van der Waals surface area contributed by atoms with E-state index < -0.39 is 0 Å². The van der Waals surface area contributed by atoms with Gasteiger partial charge in [-0.2, -0.15) is 0 Å². The fourth-order valence-corrected chi connectivity index (χ4v) is 1.89. The smallest absolute Gasteiger partial charge is 0.223 e. The highest BCUT2D eigenvalue weighted by molar-refractivity contribution is 6.31. The summed E-state index contributed by atoms with van der Waals surface area (Å²) in [5.41, 5.74) is 1.01. The van der Waals surface area contributed by atoms with Crippen LogP contribution in [0, 0.1) is 0 Å². The second-order valence-electron chi connectivity index (χ2n) is 3.83. The highest BCUT2D eigenvalue weighted by Crippen LogP contribution is 2.24. The Bertz CT molecular complexity index is 516. The van der Waals surface area contributed by atoms with Crippen molar-refractivity contribution in [2.24, 2.45) is 0 Å². The summed E-state index contributed by atoms with van der Waals surface area (Å²) in [5.74, 6) is 1.18. The molecule has 1 aromatic heterocycles. The van der Waals surface area contributed by atoms with Gasteiger partial charge in [-0.05, 0) is 18.6 Å². The number of rotatable bonds is 4. The van der Waals surface area contributed by atoms with Crippen LogP contribution in [-0.2, 0) is 0 Å². The van der Waals surface area contributed by atoms with Crippen LogP contribution in [0.4, 0.5) is 5.95 Å². The first kappa shape index (κ1) is 12.6. The minimum atomic E-state index is 0.0343. The summed E-state index contributed by atoms with van der Waals surface area (Å²) in [4.78, 5) is 8.31. The van der Waals surface area contributed by atoms with E-state index in [1.165, 1.54) is 0 Å². The Morgan fingerprint density at radius 2 is 1.89 bits per heavy atom. The van der Waals surface area contributed by atoms with E-state index in [9.17, 15) is 0 Å². The Hall–Kier alpha value is -1.81. The maximum atomic E-state index is 6.13. The molecule has 0 fully saturated rings.